The first-order valence-electron chi connectivity index (χ1n) is 8.62. The summed E-state index contributed by atoms with van der Waals surface area (Å²) in [5, 5.41) is 0. The Labute approximate surface area is 128 Å². The lowest BCUT2D eigenvalue weighted by Gasteiger charge is -2.34. The van der Waals surface area contributed by atoms with Crippen LogP contribution in [-0.4, -0.2) is 13.7 Å². The van der Waals surface area contributed by atoms with Crippen LogP contribution in [0.4, 0.5) is 0 Å². The van der Waals surface area contributed by atoms with E-state index in [2.05, 4.69) is 41.5 Å². The Morgan fingerprint density at radius 2 is 1.60 bits per heavy atom. The van der Waals surface area contributed by atoms with Gasteiger partial charge in [0.25, 0.3) is 0 Å². The maximum Gasteiger partial charge on any atom is 0.0465 e. The first kappa shape index (κ1) is 19.7. The van der Waals surface area contributed by atoms with Crippen LogP contribution >= 0.6 is 0 Å². The SMILES string of the molecule is CCCCC(CCOC)C(C(C)=C(C)C)C(C)CCC. The van der Waals surface area contributed by atoms with Crippen LogP contribution in [0, 0.1) is 17.8 Å². The van der Waals surface area contributed by atoms with Crippen LogP contribution in [0.1, 0.15) is 80.1 Å². The predicted molar refractivity (Wildman–Crippen MR) is 91.1 cm³/mol. The minimum Gasteiger partial charge on any atom is -0.385 e. The van der Waals surface area contributed by atoms with E-state index in [1.54, 1.807) is 5.57 Å². The van der Waals surface area contributed by atoms with Gasteiger partial charge < -0.3 is 4.74 Å². The van der Waals surface area contributed by atoms with Gasteiger partial charge in [-0.15, -0.1) is 0 Å². The minimum absolute atomic E-state index is 0.738. The summed E-state index contributed by atoms with van der Waals surface area (Å²) in [6, 6.07) is 0. The molecule has 0 amide bonds. The van der Waals surface area contributed by atoms with Gasteiger partial charge in [0.05, 0.1) is 0 Å². The second-order valence-electron chi connectivity index (χ2n) is 6.66. The van der Waals surface area contributed by atoms with Crippen molar-refractivity contribution in [1.82, 2.24) is 0 Å². The number of hydrogen-bond donors (Lipinski definition) is 0. The molecule has 0 heterocycles. The van der Waals surface area contributed by atoms with Gasteiger partial charge >= 0.3 is 0 Å². The molecule has 0 fully saturated rings. The number of hydrogen-bond acceptors (Lipinski definition) is 1. The molecule has 20 heavy (non-hydrogen) atoms. The molecule has 0 N–H and O–H groups in total. The van der Waals surface area contributed by atoms with Crippen LogP contribution in [0.15, 0.2) is 11.1 Å². The molecule has 0 aliphatic rings. The van der Waals surface area contributed by atoms with Gasteiger partial charge in [0.15, 0.2) is 0 Å². The molecule has 120 valence electrons. The third-order valence-electron chi connectivity index (χ3n) is 4.77. The molecule has 0 aliphatic heterocycles. The fourth-order valence-corrected chi connectivity index (χ4v) is 3.45. The lowest BCUT2D eigenvalue weighted by molar-refractivity contribution is 0.145. The Morgan fingerprint density at radius 3 is 2.05 bits per heavy atom. The molecule has 0 bridgehead atoms. The number of unbranched alkanes of at least 4 members (excludes halogenated alkanes) is 1. The molecule has 0 aromatic carbocycles. The zero-order chi connectivity index (χ0) is 15.5. The third-order valence-corrected chi connectivity index (χ3v) is 4.77. The molecule has 1 nitrogen and oxygen atoms in total. The van der Waals surface area contributed by atoms with Crippen LogP contribution in [0.25, 0.3) is 0 Å². The van der Waals surface area contributed by atoms with Gasteiger partial charge in [0.2, 0.25) is 0 Å². The average molecular weight is 283 g/mol. The summed E-state index contributed by atoms with van der Waals surface area (Å²) in [6.45, 7) is 14.9. The zero-order valence-electron chi connectivity index (χ0n) is 15.1. The molecular weight excluding hydrogens is 244 g/mol. The molecule has 0 spiro atoms. The van der Waals surface area contributed by atoms with Crippen LogP contribution in [-0.2, 0) is 4.74 Å². The van der Waals surface area contributed by atoms with E-state index in [-0.39, 0.29) is 0 Å². The average Bonchev–Trinajstić information content (AvgIpc) is 2.41. The summed E-state index contributed by atoms with van der Waals surface area (Å²) in [4.78, 5) is 0. The van der Waals surface area contributed by atoms with Crippen molar-refractivity contribution < 1.29 is 4.74 Å². The Hall–Kier alpha value is -0.300. The second kappa shape index (κ2) is 11.4. The van der Waals surface area contributed by atoms with Crippen molar-refractivity contribution in [3.63, 3.8) is 0 Å². The van der Waals surface area contributed by atoms with E-state index in [0.29, 0.717) is 0 Å². The van der Waals surface area contributed by atoms with Crippen molar-refractivity contribution in [1.29, 1.82) is 0 Å². The van der Waals surface area contributed by atoms with Crippen LogP contribution < -0.4 is 0 Å². The van der Waals surface area contributed by atoms with Crippen LogP contribution in [0.3, 0.4) is 0 Å². The maximum atomic E-state index is 5.37. The van der Waals surface area contributed by atoms with Crippen LogP contribution in [0.5, 0.6) is 0 Å². The van der Waals surface area contributed by atoms with Crippen molar-refractivity contribution in [2.45, 2.75) is 80.1 Å². The summed E-state index contributed by atoms with van der Waals surface area (Å²) < 4.78 is 5.37. The monoisotopic (exact) mass is 282 g/mol. The highest BCUT2D eigenvalue weighted by Crippen LogP contribution is 2.37. The molecule has 3 unspecified atom stereocenters. The lowest BCUT2D eigenvalue weighted by atomic mass is 9.72. The Kier molecular flexibility index (Phi) is 11.2. The predicted octanol–water partition coefficient (Wildman–Crippen LogP) is 6.24. The highest BCUT2D eigenvalue weighted by atomic mass is 16.5. The Morgan fingerprint density at radius 1 is 0.950 bits per heavy atom. The molecule has 0 aliphatic carbocycles. The van der Waals surface area contributed by atoms with E-state index in [4.69, 9.17) is 4.74 Å². The van der Waals surface area contributed by atoms with E-state index in [1.807, 2.05) is 7.11 Å². The van der Waals surface area contributed by atoms with E-state index >= 15 is 0 Å². The lowest BCUT2D eigenvalue weighted by Crippen LogP contribution is -2.25. The Balaban J connectivity index is 5.11. The number of allylic oxidation sites excluding steroid dienone is 2. The fraction of sp³-hybridized carbons (Fsp3) is 0.895. The van der Waals surface area contributed by atoms with Gasteiger partial charge in [-0.2, -0.15) is 0 Å². The van der Waals surface area contributed by atoms with Crippen molar-refractivity contribution in [2.75, 3.05) is 13.7 Å². The maximum absolute atomic E-state index is 5.37. The van der Waals surface area contributed by atoms with Gasteiger partial charge in [-0.1, -0.05) is 57.6 Å². The molecular formula is C19H38O. The molecule has 0 rings (SSSR count). The summed E-state index contributed by atoms with van der Waals surface area (Å²) >= 11 is 0. The zero-order valence-corrected chi connectivity index (χ0v) is 15.1. The molecule has 0 aromatic heterocycles. The fourth-order valence-electron chi connectivity index (χ4n) is 3.45. The van der Waals surface area contributed by atoms with Gasteiger partial charge in [-0.3, -0.25) is 0 Å². The second-order valence-corrected chi connectivity index (χ2v) is 6.66. The number of rotatable bonds is 11. The van der Waals surface area contributed by atoms with Gasteiger partial charge in [-0.05, 0) is 51.4 Å². The minimum atomic E-state index is 0.738. The highest BCUT2D eigenvalue weighted by Gasteiger charge is 2.27. The summed E-state index contributed by atoms with van der Waals surface area (Å²) in [5.41, 5.74) is 3.14. The Bertz CT molecular complexity index is 255. The van der Waals surface area contributed by atoms with E-state index in [1.165, 1.54) is 44.1 Å². The van der Waals surface area contributed by atoms with Gasteiger partial charge in [0.1, 0.15) is 0 Å². The van der Waals surface area contributed by atoms with Crippen molar-refractivity contribution in [3.8, 4) is 0 Å². The van der Waals surface area contributed by atoms with Crippen molar-refractivity contribution in [3.05, 3.63) is 11.1 Å². The first-order valence-corrected chi connectivity index (χ1v) is 8.62. The quantitative estimate of drug-likeness (QED) is 0.408. The van der Waals surface area contributed by atoms with E-state index in [9.17, 15) is 0 Å². The number of methoxy groups -OCH3 is 1. The van der Waals surface area contributed by atoms with E-state index < -0.39 is 0 Å². The summed E-state index contributed by atoms with van der Waals surface area (Å²) in [5.74, 6) is 2.31. The third kappa shape index (κ3) is 6.92. The number of ether oxygens (including phenoxy) is 1. The molecule has 3 atom stereocenters. The first-order chi connectivity index (χ1) is 9.49. The summed E-state index contributed by atoms with van der Waals surface area (Å²) in [6.07, 6.45) is 7.83. The molecule has 0 radical (unpaired) electrons. The molecule has 0 saturated heterocycles. The topological polar surface area (TPSA) is 9.23 Å². The van der Waals surface area contributed by atoms with E-state index in [0.717, 1.165) is 24.4 Å². The smallest absolute Gasteiger partial charge is 0.0465 e. The normalized spacial score (nSPS) is 15.8. The van der Waals surface area contributed by atoms with Crippen molar-refractivity contribution >= 4 is 0 Å². The van der Waals surface area contributed by atoms with Crippen molar-refractivity contribution in [2.24, 2.45) is 17.8 Å². The molecule has 0 saturated carbocycles. The van der Waals surface area contributed by atoms with Gasteiger partial charge in [-0.25, -0.2) is 0 Å². The molecule has 0 aromatic rings. The highest BCUT2D eigenvalue weighted by molar-refractivity contribution is 5.13. The van der Waals surface area contributed by atoms with Gasteiger partial charge in [0, 0.05) is 13.7 Å². The standard InChI is InChI=1S/C19H38O/c1-8-10-12-18(13-14-20-7)19(16(5)11-9-2)17(6)15(3)4/h16,18-19H,8-14H2,1-7H3. The summed E-state index contributed by atoms with van der Waals surface area (Å²) in [7, 11) is 1.83. The molecule has 1 heteroatoms. The largest absolute Gasteiger partial charge is 0.385 e. The van der Waals surface area contributed by atoms with Crippen LogP contribution in [0.2, 0.25) is 0 Å².